The lowest BCUT2D eigenvalue weighted by atomic mass is 10.1. The number of aryl methyl sites for hydroxylation is 1. The lowest BCUT2D eigenvalue weighted by Gasteiger charge is -2.09. The van der Waals surface area contributed by atoms with Crippen LogP contribution in [-0.2, 0) is 16.4 Å². The van der Waals surface area contributed by atoms with Gasteiger partial charge in [-0.2, -0.15) is 0 Å². The van der Waals surface area contributed by atoms with E-state index in [4.69, 9.17) is 11.6 Å². The molecule has 2 aromatic carbocycles. The number of hydrogen-bond acceptors (Lipinski definition) is 2. The second-order valence-electron chi connectivity index (χ2n) is 4.56. The van der Waals surface area contributed by atoms with Crippen LogP contribution in [0.25, 0.3) is 0 Å². The second kappa shape index (κ2) is 7.40. The highest BCUT2D eigenvalue weighted by Crippen LogP contribution is 2.24. The quantitative estimate of drug-likeness (QED) is 0.760. The Balaban J connectivity index is 1.94. The molecule has 0 aliphatic carbocycles. The zero-order valence-corrected chi connectivity index (χ0v) is 14.4. The number of halogens is 2. The molecule has 0 aliphatic rings. The van der Waals surface area contributed by atoms with Gasteiger partial charge >= 0.3 is 0 Å². The number of hydrogen-bond donors (Lipinski definition) is 1. The number of nitrogens with one attached hydrogen (secondary N) is 1. The minimum Gasteiger partial charge on any atom is -0.211 e. The summed E-state index contributed by atoms with van der Waals surface area (Å²) in [7, 11) is -3.58. The SMILES string of the molecule is O=S(=O)(NCCCc1ccccc1)c1cc(Br)ccc1Cl. The van der Waals surface area contributed by atoms with Crippen LogP contribution < -0.4 is 4.72 Å². The summed E-state index contributed by atoms with van der Waals surface area (Å²) in [5.41, 5.74) is 1.19. The average Bonchev–Trinajstić information content (AvgIpc) is 2.47. The van der Waals surface area contributed by atoms with Crippen LogP contribution in [0.1, 0.15) is 12.0 Å². The molecule has 21 heavy (non-hydrogen) atoms. The molecular formula is C15H15BrClNO2S. The van der Waals surface area contributed by atoms with Crippen molar-refractivity contribution in [3.05, 3.63) is 63.6 Å². The Hall–Kier alpha value is -0.880. The summed E-state index contributed by atoms with van der Waals surface area (Å²) in [5, 5.41) is 0.216. The molecule has 0 atom stereocenters. The molecule has 3 nitrogen and oxygen atoms in total. The van der Waals surface area contributed by atoms with Gasteiger partial charge in [-0.1, -0.05) is 57.9 Å². The number of benzene rings is 2. The van der Waals surface area contributed by atoms with Crippen molar-refractivity contribution < 1.29 is 8.42 Å². The van der Waals surface area contributed by atoms with Gasteiger partial charge in [0.1, 0.15) is 4.90 Å². The third-order valence-corrected chi connectivity index (χ3v) is 5.40. The van der Waals surface area contributed by atoms with Crippen LogP contribution >= 0.6 is 27.5 Å². The van der Waals surface area contributed by atoms with Crippen molar-refractivity contribution in [2.45, 2.75) is 17.7 Å². The van der Waals surface area contributed by atoms with Crippen LogP contribution in [0.5, 0.6) is 0 Å². The van der Waals surface area contributed by atoms with E-state index in [1.54, 1.807) is 12.1 Å². The highest BCUT2D eigenvalue weighted by molar-refractivity contribution is 9.10. The average molecular weight is 389 g/mol. The molecule has 0 spiro atoms. The minimum absolute atomic E-state index is 0.0956. The maximum absolute atomic E-state index is 12.2. The largest absolute Gasteiger partial charge is 0.242 e. The zero-order valence-electron chi connectivity index (χ0n) is 11.2. The van der Waals surface area contributed by atoms with Crippen LogP contribution in [0, 0.1) is 0 Å². The van der Waals surface area contributed by atoms with Crippen LogP contribution in [0.2, 0.25) is 5.02 Å². The number of sulfonamides is 1. The summed E-state index contributed by atoms with van der Waals surface area (Å²) in [6.07, 6.45) is 1.56. The Morgan fingerprint density at radius 1 is 1.10 bits per heavy atom. The summed E-state index contributed by atoms with van der Waals surface area (Å²) in [4.78, 5) is 0.0956. The summed E-state index contributed by atoms with van der Waals surface area (Å²) in [6, 6.07) is 14.7. The first-order valence-electron chi connectivity index (χ1n) is 6.48. The molecule has 0 aromatic heterocycles. The van der Waals surface area contributed by atoms with Gasteiger partial charge in [-0.3, -0.25) is 0 Å². The lowest BCUT2D eigenvalue weighted by molar-refractivity contribution is 0.579. The van der Waals surface area contributed by atoms with Crippen molar-refractivity contribution in [3.8, 4) is 0 Å². The molecule has 2 aromatic rings. The van der Waals surface area contributed by atoms with Crippen LogP contribution in [0.4, 0.5) is 0 Å². The maximum atomic E-state index is 12.2. The molecule has 112 valence electrons. The van der Waals surface area contributed by atoms with Gasteiger partial charge in [0, 0.05) is 11.0 Å². The van der Waals surface area contributed by atoms with Crippen molar-refractivity contribution in [3.63, 3.8) is 0 Å². The molecule has 0 heterocycles. The van der Waals surface area contributed by atoms with E-state index in [1.165, 1.54) is 11.6 Å². The first-order valence-corrected chi connectivity index (χ1v) is 9.13. The van der Waals surface area contributed by atoms with Crippen molar-refractivity contribution in [1.82, 2.24) is 4.72 Å². The van der Waals surface area contributed by atoms with Gasteiger partial charge in [-0.25, -0.2) is 13.1 Å². The molecule has 0 amide bonds. The molecule has 1 N–H and O–H groups in total. The minimum atomic E-state index is -3.58. The van der Waals surface area contributed by atoms with E-state index in [0.717, 1.165) is 12.8 Å². The van der Waals surface area contributed by atoms with E-state index >= 15 is 0 Å². The molecular weight excluding hydrogens is 374 g/mol. The van der Waals surface area contributed by atoms with Crippen molar-refractivity contribution in [1.29, 1.82) is 0 Å². The Morgan fingerprint density at radius 3 is 2.52 bits per heavy atom. The lowest BCUT2D eigenvalue weighted by Crippen LogP contribution is -2.25. The third-order valence-electron chi connectivity index (χ3n) is 2.96. The van der Waals surface area contributed by atoms with Gasteiger partial charge < -0.3 is 0 Å². The summed E-state index contributed by atoms with van der Waals surface area (Å²) in [5.74, 6) is 0. The molecule has 0 radical (unpaired) electrons. The Bertz CT molecular complexity index is 705. The predicted octanol–water partition coefficient (Wildman–Crippen LogP) is 4.01. The Kier molecular flexibility index (Phi) is 5.81. The van der Waals surface area contributed by atoms with E-state index in [0.29, 0.717) is 11.0 Å². The highest BCUT2D eigenvalue weighted by Gasteiger charge is 2.17. The molecule has 0 fully saturated rings. The molecule has 0 unspecified atom stereocenters. The van der Waals surface area contributed by atoms with E-state index in [2.05, 4.69) is 20.7 Å². The van der Waals surface area contributed by atoms with E-state index in [-0.39, 0.29) is 9.92 Å². The normalized spacial score (nSPS) is 11.5. The van der Waals surface area contributed by atoms with E-state index in [1.807, 2.05) is 30.3 Å². The fourth-order valence-corrected chi connectivity index (χ4v) is 4.01. The van der Waals surface area contributed by atoms with Crippen molar-refractivity contribution >= 4 is 37.6 Å². The standard InChI is InChI=1S/C15H15BrClNO2S/c16-13-8-9-14(17)15(11-13)21(19,20)18-10-4-7-12-5-2-1-3-6-12/h1-3,5-6,8-9,11,18H,4,7,10H2. The fourth-order valence-electron chi connectivity index (χ4n) is 1.90. The Labute approximate surface area is 138 Å². The number of rotatable bonds is 6. The topological polar surface area (TPSA) is 46.2 Å². The molecule has 6 heteroatoms. The zero-order chi connectivity index (χ0) is 15.3. The van der Waals surface area contributed by atoms with Gasteiger partial charge in [0.25, 0.3) is 0 Å². The monoisotopic (exact) mass is 387 g/mol. The second-order valence-corrected chi connectivity index (χ2v) is 7.62. The van der Waals surface area contributed by atoms with Crippen LogP contribution in [0.3, 0.4) is 0 Å². The summed E-state index contributed by atoms with van der Waals surface area (Å²) in [6.45, 7) is 0.375. The fraction of sp³-hybridized carbons (Fsp3) is 0.200. The summed E-state index contributed by atoms with van der Waals surface area (Å²) >= 11 is 9.20. The van der Waals surface area contributed by atoms with Crippen LogP contribution in [-0.4, -0.2) is 15.0 Å². The molecule has 2 rings (SSSR count). The molecule has 0 aliphatic heterocycles. The Morgan fingerprint density at radius 2 is 1.81 bits per heavy atom. The van der Waals surface area contributed by atoms with Gasteiger partial charge in [0.05, 0.1) is 5.02 Å². The highest BCUT2D eigenvalue weighted by atomic mass is 79.9. The predicted molar refractivity (Wildman–Crippen MR) is 89.1 cm³/mol. The van der Waals surface area contributed by atoms with Crippen LogP contribution in [0.15, 0.2) is 57.9 Å². The molecule has 0 bridgehead atoms. The van der Waals surface area contributed by atoms with Crippen molar-refractivity contribution in [2.75, 3.05) is 6.54 Å². The summed E-state index contributed by atoms with van der Waals surface area (Å²) < 4.78 is 27.7. The maximum Gasteiger partial charge on any atom is 0.242 e. The molecule has 0 saturated heterocycles. The van der Waals surface area contributed by atoms with E-state index < -0.39 is 10.0 Å². The first-order chi connectivity index (χ1) is 9.99. The van der Waals surface area contributed by atoms with Gasteiger partial charge in [-0.15, -0.1) is 0 Å². The smallest absolute Gasteiger partial charge is 0.211 e. The van der Waals surface area contributed by atoms with Gasteiger partial charge in [0.2, 0.25) is 10.0 Å². The van der Waals surface area contributed by atoms with E-state index in [9.17, 15) is 8.42 Å². The van der Waals surface area contributed by atoms with Gasteiger partial charge in [-0.05, 0) is 36.6 Å². The molecule has 0 saturated carbocycles. The van der Waals surface area contributed by atoms with Crippen molar-refractivity contribution in [2.24, 2.45) is 0 Å². The first kappa shape index (κ1) is 16.5. The third kappa shape index (κ3) is 4.81. The van der Waals surface area contributed by atoms with Gasteiger partial charge in [0.15, 0.2) is 0 Å².